The zero-order chi connectivity index (χ0) is 12.7. The number of nitrogens with one attached hydrogen (secondary N) is 1. The summed E-state index contributed by atoms with van der Waals surface area (Å²) in [7, 11) is 2.97. The Balaban J connectivity index is 3.02. The van der Waals surface area contributed by atoms with Gasteiger partial charge in [0, 0.05) is 19.8 Å². The predicted molar refractivity (Wildman–Crippen MR) is 63.5 cm³/mol. The van der Waals surface area contributed by atoms with Crippen LogP contribution in [0.2, 0.25) is 0 Å². The van der Waals surface area contributed by atoms with Crippen molar-refractivity contribution in [1.29, 1.82) is 0 Å². The molecule has 2 amide bonds. The number of methoxy groups -OCH3 is 2. The van der Waals surface area contributed by atoms with Crippen molar-refractivity contribution >= 4 is 11.7 Å². The second-order valence-electron chi connectivity index (χ2n) is 3.14. The molecule has 0 spiro atoms. The molecule has 6 nitrogen and oxygen atoms in total. The summed E-state index contributed by atoms with van der Waals surface area (Å²) in [6.07, 6.45) is -0.677. The molecule has 0 radical (unpaired) electrons. The Hall–Kier alpha value is -1.92. The third-order valence-electron chi connectivity index (χ3n) is 2.01. The van der Waals surface area contributed by atoms with E-state index in [9.17, 15) is 4.79 Å². The van der Waals surface area contributed by atoms with E-state index in [4.69, 9.17) is 15.2 Å². The second kappa shape index (κ2) is 6.62. The molecule has 1 aromatic carbocycles. The zero-order valence-electron chi connectivity index (χ0n) is 9.71. The third-order valence-corrected chi connectivity index (χ3v) is 2.01. The number of ether oxygens (including phenoxy) is 2. The Kier molecular flexibility index (Phi) is 5.12. The van der Waals surface area contributed by atoms with Crippen molar-refractivity contribution in [1.82, 2.24) is 5.43 Å². The minimum atomic E-state index is -0.746. The summed E-state index contributed by atoms with van der Waals surface area (Å²) < 4.78 is 10.2. The molecule has 1 rings (SSSR count). The average molecular weight is 237 g/mol. The summed E-state index contributed by atoms with van der Waals surface area (Å²) in [5.41, 5.74) is 8.34. The van der Waals surface area contributed by atoms with Gasteiger partial charge in [-0.2, -0.15) is 5.10 Å². The van der Waals surface area contributed by atoms with Crippen molar-refractivity contribution in [3.05, 3.63) is 35.9 Å². The van der Waals surface area contributed by atoms with Gasteiger partial charge in [-0.25, -0.2) is 10.2 Å². The van der Waals surface area contributed by atoms with Crippen molar-refractivity contribution in [2.75, 3.05) is 14.2 Å². The van der Waals surface area contributed by atoms with Gasteiger partial charge < -0.3 is 15.2 Å². The highest BCUT2D eigenvalue weighted by molar-refractivity contribution is 6.03. The molecular formula is C11H15N3O3. The van der Waals surface area contributed by atoms with E-state index >= 15 is 0 Å². The van der Waals surface area contributed by atoms with Crippen LogP contribution in [0.4, 0.5) is 4.79 Å². The van der Waals surface area contributed by atoms with Crippen LogP contribution in [0.1, 0.15) is 5.56 Å². The Morgan fingerprint density at radius 1 is 1.29 bits per heavy atom. The molecule has 0 aliphatic carbocycles. The van der Waals surface area contributed by atoms with Crippen LogP contribution in [-0.4, -0.2) is 32.3 Å². The topological polar surface area (TPSA) is 85.9 Å². The molecule has 1 aromatic rings. The maximum Gasteiger partial charge on any atom is 0.332 e. The zero-order valence-corrected chi connectivity index (χ0v) is 9.71. The molecule has 0 atom stereocenters. The van der Waals surface area contributed by atoms with E-state index in [2.05, 4.69) is 10.5 Å². The lowest BCUT2D eigenvalue weighted by molar-refractivity contribution is -0.0517. The molecular weight excluding hydrogens is 222 g/mol. The number of hydrogen-bond donors (Lipinski definition) is 2. The first-order valence-electron chi connectivity index (χ1n) is 4.93. The van der Waals surface area contributed by atoms with Crippen LogP contribution in [-0.2, 0) is 9.47 Å². The van der Waals surface area contributed by atoms with Gasteiger partial charge >= 0.3 is 6.03 Å². The maximum absolute atomic E-state index is 10.7. The summed E-state index contributed by atoms with van der Waals surface area (Å²) in [6, 6.07) is 8.47. The normalized spacial score (nSPS) is 11.6. The Bertz CT molecular complexity index is 388. The van der Waals surface area contributed by atoms with Crippen LogP contribution < -0.4 is 11.2 Å². The van der Waals surface area contributed by atoms with Gasteiger partial charge in [-0.3, -0.25) is 0 Å². The van der Waals surface area contributed by atoms with Crippen LogP contribution in [0.15, 0.2) is 35.4 Å². The number of carbonyl (C=O) groups is 1. The molecule has 0 aliphatic heterocycles. The molecule has 3 N–H and O–H groups in total. The fraction of sp³-hybridized carbons (Fsp3) is 0.273. The van der Waals surface area contributed by atoms with Gasteiger partial charge in [0.1, 0.15) is 5.71 Å². The fourth-order valence-corrected chi connectivity index (χ4v) is 1.30. The monoisotopic (exact) mass is 237 g/mol. The number of rotatable bonds is 5. The Labute approximate surface area is 99.4 Å². The lowest BCUT2D eigenvalue weighted by Crippen LogP contribution is -2.32. The number of hydrazone groups is 1. The van der Waals surface area contributed by atoms with Gasteiger partial charge in [0.2, 0.25) is 6.29 Å². The van der Waals surface area contributed by atoms with Crippen LogP contribution in [0, 0.1) is 0 Å². The highest BCUT2D eigenvalue weighted by Crippen LogP contribution is 2.07. The molecule has 17 heavy (non-hydrogen) atoms. The molecule has 0 bridgehead atoms. The van der Waals surface area contributed by atoms with Gasteiger partial charge in [0.05, 0.1) is 0 Å². The first-order valence-corrected chi connectivity index (χ1v) is 4.93. The van der Waals surface area contributed by atoms with Crippen molar-refractivity contribution in [3.63, 3.8) is 0 Å². The molecule has 0 aliphatic rings. The van der Waals surface area contributed by atoms with Crippen LogP contribution >= 0.6 is 0 Å². The number of hydrogen-bond acceptors (Lipinski definition) is 4. The predicted octanol–water partition coefficient (Wildman–Crippen LogP) is 0.678. The molecule has 0 fully saturated rings. The minimum absolute atomic E-state index is 0.439. The number of nitrogens with two attached hydrogens (primary N) is 1. The lowest BCUT2D eigenvalue weighted by Gasteiger charge is -2.16. The number of carbonyl (C=O) groups excluding carboxylic acids is 1. The maximum atomic E-state index is 10.7. The van der Waals surface area contributed by atoms with Gasteiger partial charge in [-0.05, 0) is 0 Å². The number of nitrogens with zero attached hydrogens (tertiary/aromatic N) is 1. The van der Waals surface area contributed by atoms with E-state index < -0.39 is 12.3 Å². The number of benzene rings is 1. The Morgan fingerprint density at radius 3 is 2.35 bits per heavy atom. The van der Waals surface area contributed by atoms with Crippen molar-refractivity contribution in [2.45, 2.75) is 6.29 Å². The van der Waals surface area contributed by atoms with Crippen molar-refractivity contribution < 1.29 is 14.3 Å². The summed E-state index contributed by atoms with van der Waals surface area (Å²) in [5, 5.41) is 3.88. The molecule has 0 heterocycles. The standard InChI is InChI=1S/C11H15N3O3/c1-16-10(17-2)9(13-14-11(12)15)8-6-4-3-5-7-8/h3-7,10H,1-2H3,(H3,12,14,15)/b13-9-. The summed E-state index contributed by atoms with van der Waals surface area (Å²) in [5.74, 6) is 0. The van der Waals surface area contributed by atoms with Gasteiger partial charge in [0.25, 0.3) is 0 Å². The number of primary amides is 1. The van der Waals surface area contributed by atoms with Gasteiger partial charge in [0.15, 0.2) is 0 Å². The molecule has 92 valence electrons. The largest absolute Gasteiger partial charge is 0.350 e. The van der Waals surface area contributed by atoms with Gasteiger partial charge in [-0.15, -0.1) is 0 Å². The van der Waals surface area contributed by atoms with E-state index in [1.165, 1.54) is 14.2 Å². The van der Waals surface area contributed by atoms with E-state index in [1.54, 1.807) is 0 Å². The third kappa shape index (κ3) is 3.86. The average Bonchev–Trinajstić information content (AvgIpc) is 2.35. The first kappa shape index (κ1) is 13.1. The fourth-order valence-electron chi connectivity index (χ4n) is 1.30. The molecule has 0 saturated heterocycles. The first-order chi connectivity index (χ1) is 8.19. The molecule has 6 heteroatoms. The Morgan fingerprint density at radius 2 is 1.88 bits per heavy atom. The van der Waals surface area contributed by atoms with Crippen LogP contribution in [0.5, 0.6) is 0 Å². The van der Waals surface area contributed by atoms with E-state index in [0.717, 1.165) is 5.56 Å². The molecule has 0 aromatic heterocycles. The second-order valence-corrected chi connectivity index (χ2v) is 3.14. The van der Waals surface area contributed by atoms with Crippen LogP contribution in [0.25, 0.3) is 0 Å². The lowest BCUT2D eigenvalue weighted by atomic mass is 10.1. The van der Waals surface area contributed by atoms with Crippen molar-refractivity contribution in [2.24, 2.45) is 10.8 Å². The van der Waals surface area contributed by atoms with Crippen molar-refractivity contribution in [3.8, 4) is 0 Å². The molecule has 0 saturated carbocycles. The van der Waals surface area contributed by atoms with Gasteiger partial charge in [-0.1, -0.05) is 30.3 Å². The SMILES string of the molecule is COC(OC)/C(=N\NC(N)=O)c1ccccc1. The minimum Gasteiger partial charge on any atom is -0.350 e. The van der Waals surface area contributed by atoms with Crippen LogP contribution in [0.3, 0.4) is 0 Å². The summed E-state index contributed by atoms with van der Waals surface area (Å²) in [6.45, 7) is 0. The summed E-state index contributed by atoms with van der Waals surface area (Å²) >= 11 is 0. The highest BCUT2D eigenvalue weighted by atomic mass is 16.7. The highest BCUT2D eigenvalue weighted by Gasteiger charge is 2.16. The number of amides is 2. The molecule has 0 unspecified atom stereocenters. The van der Waals surface area contributed by atoms with E-state index in [1.807, 2.05) is 30.3 Å². The van der Waals surface area contributed by atoms with E-state index in [0.29, 0.717) is 5.71 Å². The smallest absolute Gasteiger partial charge is 0.332 e. The number of urea groups is 1. The quantitative estimate of drug-likeness (QED) is 0.448. The van der Waals surface area contributed by atoms with E-state index in [-0.39, 0.29) is 0 Å². The summed E-state index contributed by atoms with van der Waals surface area (Å²) in [4.78, 5) is 10.7.